The third-order valence-corrected chi connectivity index (χ3v) is 2.80. The largest absolute Gasteiger partial charge is 0.351 e. The van der Waals surface area contributed by atoms with Gasteiger partial charge in [0.15, 0.2) is 0 Å². The highest BCUT2D eigenvalue weighted by molar-refractivity contribution is 5.76. The van der Waals surface area contributed by atoms with Gasteiger partial charge in [-0.1, -0.05) is 25.0 Å². The van der Waals surface area contributed by atoms with E-state index in [0.717, 1.165) is 12.8 Å². The molecule has 0 bridgehead atoms. The maximum atomic E-state index is 11.6. The lowest BCUT2D eigenvalue weighted by Crippen LogP contribution is -2.42. The first-order valence-corrected chi connectivity index (χ1v) is 6.06. The number of carbonyl (C=O) groups excluding carboxylic acids is 1. The van der Waals surface area contributed by atoms with Crippen molar-refractivity contribution in [3.63, 3.8) is 0 Å². The van der Waals surface area contributed by atoms with E-state index in [4.69, 9.17) is 0 Å². The molecule has 0 unspecified atom stereocenters. The van der Waals surface area contributed by atoms with E-state index in [9.17, 15) is 4.79 Å². The van der Waals surface area contributed by atoms with Crippen molar-refractivity contribution in [3.8, 4) is 0 Å². The molecule has 0 saturated carbocycles. The second kappa shape index (κ2) is 5.94. The predicted octanol–water partition coefficient (Wildman–Crippen LogP) is 3.18. The van der Waals surface area contributed by atoms with Crippen LogP contribution in [0.25, 0.3) is 0 Å². The third kappa shape index (κ3) is 5.60. The SMILES string of the molecule is CC1(C)C/C=C/CCCCCCC(=O)N1. The highest BCUT2D eigenvalue weighted by atomic mass is 16.1. The quantitative estimate of drug-likeness (QED) is 0.610. The molecule has 1 aliphatic heterocycles. The molecule has 0 aromatic carbocycles. The van der Waals surface area contributed by atoms with Crippen LogP contribution in [0.4, 0.5) is 0 Å². The Bertz CT molecular complexity index is 231. The molecule has 0 atom stereocenters. The highest BCUT2D eigenvalue weighted by Crippen LogP contribution is 2.13. The van der Waals surface area contributed by atoms with Crippen LogP contribution in [0.5, 0.6) is 0 Å². The zero-order valence-electron chi connectivity index (χ0n) is 10.0. The van der Waals surface area contributed by atoms with Crippen molar-refractivity contribution < 1.29 is 4.79 Å². The fourth-order valence-electron chi connectivity index (χ4n) is 1.89. The topological polar surface area (TPSA) is 29.1 Å². The predicted molar refractivity (Wildman–Crippen MR) is 63.7 cm³/mol. The Balaban J connectivity index is 2.51. The van der Waals surface area contributed by atoms with Gasteiger partial charge in [0.2, 0.25) is 5.91 Å². The number of hydrogen-bond acceptors (Lipinski definition) is 1. The van der Waals surface area contributed by atoms with Crippen LogP contribution in [0.3, 0.4) is 0 Å². The van der Waals surface area contributed by atoms with E-state index in [2.05, 4.69) is 31.3 Å². The summed E-state index contributed by atoms with van der Waals surface area (Å²) >= 11 is 0. The zero-order chi connectivity index (χ0) is 11.1. The molecule has 1 aliphatic rings. The van der Waals surface area contributed by atoms with Crippen molar-refractivity contribution >= 4 is 5.91 Å². The molecule has 86 valence electrons. The Morgan fingerprint density at radius 2 is 1.87 bits per heavy atom. The Kier molecular flexibility index (Phi) is 4.86. The van der Waals surface area contributed by atoms with Crippen LogP contribution in [-0.4, -0.2) is 11.4 Å². The van der Waals surface area contributed by atoms with Crippen molar-refractivity contribution in [1.82, 2.24) is 5.32 Å². The fourth-order valence-corrected chi connectivity index (χ4v) is 1.89. The Morgan fingerprint density at radius 3 is 2.67 bits per heavy atom. The second-order valence-corrected chi connectivity index (χ2v) is 5.06. The minimum Gasteiger partial charge on any atom is -0.351 e. The summed E-state index contributed by atoms with van der Waals surface area (Å²) in [4.78, 5) is 11.6. The standard InChI is InChI=1S/C13H23NO/c1-13(2)11-9-7-5-3-4-6-8-10-12(15)14-13/h7,9H,3-6,8,10-11H2,1-2H3,(H,14,15)/b9-7+. The van der Waals surface area contributed by atoms with Gasteiger partial charge in [0.1, 0.15) is 0 Å². The van der Waals surface area contributed by atoms with Gasteiger partial charge in [-0.25, -0.2) is 0 Å². The molecule has 0 aromatic heterocycles. The molecule has 0 spiro atoms. The van der Waals surface area contributed by atoms with Crippen molar-refractivity contribution in [2.45, 2.75) is 64.3 Å². The van der Waals surface area contributed by atoms with Gasteiger partial charge in [-0.05, 0) is 39.5 Å². The van der Waals surface area contributed by atoms with Crippen LogP contribution in [0.1, 0.15) is 58.8 Å². The van der Waals surface area contributed by atoms with E-state index < -0.39 is 0 Å². The molecule has 0 saturated heterocycles. The smallest absolute Gasteiger partial charge is 0.220 e. The minimum atomic E-state index is -0.0905. The van der Waals surface area contributed by atoms with Crippen molar-refractivity contribution in [2.24, 2.45) is 0 Å². The number of nitrogens with one attached hydrogen (secondary N) is 1. The summed E-state index contributed by atoms with van der Waals surface area (Å²) in [5, 5.41) is 3.08. The van der Waals surface area contributed by atoms with Crippen LogP contribution in [0.2, 0.25) is 0 Å². The minimum absolute atomic E-state index is 0.0905. The number of hydrogen-bond donors (Lipinski definition) is 1. The lowest BCUT2D eigenvalue weighted by molar-refractivity contribution is -0.122. The van der Waals surface area contributed by atoms with Crippen molar-refractivity contribution in [3.05, 3.63) is 12.2 Å². The molecule has 1 heterocycles. The van der Waals surface area contributed by atoms with Crippen molar-refractivity contribution in [2.75, 3.05) is 0 Å². The molecule has 0 aromatic rings. The van der Waals surface area contributed by atoms with E-state index >= 15 is 0 Å². The molecular formula is C13H23NO. The summed E-state index contributed by atoms with van der Waals surface area (Å²) in [5.41, 5.74) is -0.0905. The average Bonchev–Trinajstić information content (AvgIpc) is 2.12. The summed E-state index contributed by atoms with van der Waals surface area (Å²) < 4.78 is 0. The fraction of sp³-hybridized carbons (Fsp3) is 0.769. The van der Waals surface area contributed by atoms with E-state index in [1.54, 1.807) is 0 Å². The van der Waals surface area contributed by atoms with Crippen LogP contribution < -0.4 is 5.32 Å². The zero-order valence-corrected chi connectivity index (χ0v) is 10.0. The molecule has 2 nitrogen and oxygen atoms in total. The Labute approximate surface area is 93.1 Å². The monoisotopic (exact) mass is 209 g/mol. The molecule has 2 heteroatoms. The maximum absolute atomic E-state index is 11.6. The normalized spacial score (nSPS) is 25.9. The first kappa shape index (κ1) is 12.3. The van der Waals surface area contributed by atoms with Crippen LogP contribution in [0.15, 0.2) is 12.2 Å². The number of rotatable bonds is 0. The number of carbonyl (C=O) groups is 1. The van der Waals surface area contributed by atoms with Gasteiger partial charge in [-0.15, -0.1) is 0 Å². The van der Waals surface area contributed by atoms with Gasteiger partial charge < -0.3 is 5.32 Å². The highest BCUT2D eigenvalue weighted by Gasteiger charge is 2.18. The van der Waals surface area contributed by atoms with Gasteiger partial charge in [0, 0.05) is 12.0 Å². The van der Waals surface area contributed by atoms with Crippen molar-refractivity contribution in [1.29, 1.82) is 0 Å². The van der Waals surface area contributed by atoms with E-state index in [1.165, 1.54) is 25.7 Å². The first-order valence-electron chi connectivity index (χ1n) is 6.06. The lowest BCUT2D eigenvalue weighted by Gasteiger charge is -2.25. The summed E-state index contributed by atoms with van der Waals surface area (Å²) in [6, 6.07) is 0. The number of allylic oxidation sites excluding steroid dienone is 1. The molecule has 0 aliphatic carbocycles. The van der Waals surface area contributed by atoms with Crippen LogP contribution in [-0.2, 0) is 4.79 Å². The first-order chi connectivity index (χ1) is 7.10. The molecule has 1 amide bonds. The lowest BCUT2D eigenvalue weighted by atomic mass is 9.98. The van der Waals surface area contributed by atoms with Crippen LogP contribution in [0, 0.1) is 0 Å². The Morgan fingerprint density at radius 1 is 1.13 bits per heavy atom. The molecular weight excluding hydrogens is 186 g/mol. The van der Waals surface area contributed by atoms with Gasteiger partial charge in [-0.3, -0.25) is 4.79 Å². The van der Waals surface area contributed by atoms with E-state index in [-0.39, 0.29) is 11.4 Å². The molecule has 0 radical (unpaired) electrons. The third-order valence-electron chi connectivity index (χ3n) is 2.80. The molecule has 1 rings (SSSR count). The molecule has 1 N–H and O–H groups in total. The van der Waals surface area contributed by atoms with Gasteiger partial charge >= 0.3 is 0 Å². The van der Waals surface area contributed by atoms with E-state index in [1.807, 2.05) is 0 Å². The summed E-state index contributed by atoms with van der Waals surface area (Å²) in [6.45, 7) is 4.17. The summed E-state index contributed by atoms with van der Waals surface area (Å²) in [7, 11) is 0. The number of amides is 1. The van der Waals surface area contributed by atoms with Gasteiger partial charge in [0.25, 0.3) is 0 Å². The average molecular weight is 209 g/mol. The summed E-state index contributed by atoms with van der Waals surface area (Å²) in [5.74, 6) is 0.203. The van der Waals surface area contributed by atoms with Crippen LogP contribution >= 0.6 is 0 Å². The Hall–Kier alpha value is -0.790. The summed E-state index contributed by atoms with van der Waals surface area (Å²) in [6.07, 6.45) is 12.0. The van der Waals surface area contributed by atoms with Gasteiger partial charge in [0.05, 0.1) is 0 Å². The molecule has 15 heavy (non-hydrogen) atoms. The molecule has 0 fully saturated rings. The van der Waals surface area contributed by atoms with E-state index in [0.29, 0.717) is 6.42 Å². The van der Waals surface area contributed by atoms with Gasteiger partial charge in [-0.2, -0.15) is 0 Å². The second-order valence-electron chi connectivity index (χ2n) is 5.06. The maximum Gasteiger partial charge on any atom is 0.220 e.